The summed E-state index contributed by atoms with van der Waals surface area (Å²) >= 11 is 13.8. The Morgan fingerprint density at radius 2 is 1.52 bits per heavy atom. The molecule has 0 saturated carbocycles. The number of halogens is 3. The maximum absolute atomic E-state index is 15.5. The fraction of sp³-hybridized carbons (Fsp3) is 0.324. The van der Waals surface area contributed by atoms with Crippen LogP contribution in [0.4, 0.5) is 15.9 Å². The van der Waals surface area contributed by atoms with Crippen molar-refractivity contribution in [2.45, 2.75) is 50.9 Å². The van der Waals surface area contributed by atoms with E-state index in [1.165, 1.54) is 6.20 Å². The summed E-state index contributed by atoms with van der Waals surface area (Å²) in [6.45, 7) is 1.98. The summed E-state index contributed by atoms with van der Waals surface area (Å²) < 4.78 is 21.1. The lowest BCUT2D eigenvalue weighted by molar-refractivity contribution is -0.120. The normalized spacial score (nSPS) is 17.3. The van der Waals surface area contributed by atoms with E-state index in [1.54, 1.807) is 31.5 Å². The van der Waals surface area contributed by atoms with Gasteiger partial charge in [-0.05, 0) is 31.0 Å². The molecule has 0 aliphatic carbocycles. The quantitative estimate of drug-likeness (QED) is 0.129. The molecule has 0 bridgehead atoms. The highest BCUT2D eigenvalue weighted by molar-refractivity contribution is 6.39. The maximum atomic E-state index is 15.5. The van der Waals surface area contributed by atoms with E-state index in [2.05, 4.69) is 36.6 Å². The van der Waals surface area contributed by atoms with E-state index >= 15 is 4.39 Å². The van der Waals surface area contributed by atoms with Gasteiger partial charge in [-0.15, -0.1) is 0 Å². The summed E-state index contributed by atoms with van der Waals surface area (Å²) in [5.41, 5.74) is 3.91. The highest BCUT2D eigenvalue weighted by atomic mass is 35.5. The van der Waals surface area contributed by atoms with Gasteiger partial charge in [-0.25, -0.2) is 14.4 Å². The summed E-state index contributed by atoms with van der Waals surface area (Å²) in [4.78, 5) is 36.3. The number of anilines is 2. The smallest absolute Gasteiger partial charge is 0.220 e. The number of carbonyl (C=O) groups excluding carboxylic acids is 2. The van der Waals surface area contributed by atoms with Crippen LogP contribution in [-0.2, 0) is 22.7 Å². The van der Waals surface area contributed by atoms with Gasteiger partial charge in [0.1, 0.15) is 0 Å². The third kappa shape index (κ3) is 7.68. The van der Waals surface area contributed by atoms with Crippen LogP contribution in [0.15, 0.2) is 54.9 Å². The summed E-state index contributed by atoms with van der Waals surface area (Å²) in [5, 5.41) is 16.0. The van der Waals surface area contributed by atoms with Gasteiger partial charge in [0.2, 0.25) is 17.7 Å². The average molecular weight is 694 g/mol. The van der Waals surface area contributed by atoms with Gasteiger partial charge in [-0.2, -0.15) is 0 Å². The van der Waals surface area contributed by atoms with Crippen molar-refractivity contribution in [3.8, 4) is 28.4 Å². The van der Waals surface area contributed by atoms with Gasteiger partial charge < -0.3 is 31.3 Å². The molecule has 14 heteroatoms. The van der Waals surface area contributed by atoms with Gasteiger partial charge in [0, 0.05) is 85.8 Å². The number of rotatable bonds is 13. The molecular formula is C34H35Cl2FN8O3. The number of hydrogen-bond donors (Lipinski definition) is 5. The Balaban J connectivity index is 1.17. The van der Waals surface area contributed by atoms with Crippen molar-refractivity contribution in [2.75, 3.05) is 25.5 Å². The largest absolute Gasteiger partial charge is 0.481 e. The zero-order chi connectivity index (χ0) is 33.6. The van der Waals surface area contributed by atoms with Crippen LogP contribution in [-0.4, -0.2) is 59.0 Å². The van der Waals surface area contributed by atoms with E-state index < -0.39 is 5.82 Å². The minimum Gasteiger partial charge on any atom is -0.481 e. The molecule has 0 unspecified atom stereocenters. The number of methoxy groups -OCH3 is 1. The van der Waals surface area contributed by atoms with E-state index in [-0.39, 0.29) is 41.3 Å². The van der Waals surface area contributed by atoms with E-state index in [4.69, 9.17) is 32.9 Å². The third-order valence-corrected chi connectivity index (χ3v) is 9.15. The second kappa shape index (κ2) is 15.2. The van der Waals surface area contributed by atoms with Crippen LogP contribution in [0.25, 0.3) is 22.5 Å². The lowest BCUT2D eigenvalue weighted by Crippen LogP contribution is -2.35. The van der Waals surface area contributed by atoms with Crippen molar-refractivity contribution in [1.82, 2.24) is 36.2 Å². The number of pyridine rings is 3. The molecule has 6 rings (SSSR count). The summed E-state index contributed by atoms with van der Waals surface area (Å²) in [7, 11) is 1.56. The zero-order valence-electron chi connectivity index (χ0n) is 26.2. The van der Waals surface area contributed by atoms with Gasteiger partial charge in [-0.3, -0.25) is 14.6 Å². The number of nitrogens with zero attached hydrogens (tertiary/aromatic N) is 3. The molecule has 0 spiro atoms. The molecule has 2 atom stereocenters. The lowest BCUT2D eigenvalue weighted by Gasteiger charge is -2.16. The molecule has 5 N–H and O–H groups in total. The molecule has 2 saturated heterocycles. The summed E-state index contributed by atoms with van der Waals surface area (Å²) in [5.74, 6) is 0.0722. The average Bonchev–Trinajstić information content (AvgIpc) is 3.70. The first-order valence-corrected chi connectivity index (χ1v) is 16.4. The molecule has 3 aromatic heterocycles. The number of nitrogens with one attached hydrogen (secondary N) is 5. The predicted molar refractivity (Wildman–Crippen MR) is 183 cm³/mol. The van der Waals surface area contributed by atoms with Crippen LogP contribution >= 0.6 is 23.2 Å². The van der Waals surface area contributed by atoms with E-state index in [0.29, 0.717) is 77.1 Å². The second-order valence-corrected chi connectivity index (χ2v) is 12.4. The molecule has 48 heavy (non-hydrogen) atoms. The molecule has 5 heterocycles. The molecule has 250 valence electrons. The molecule has 2 amide bonds. The summed E-state index contributed by atoms with van der Waals surface area (Å²) in [6, 6.07) is 12.7. The van der Waals surface area contributed by atoms with Gasteiger partial charge in [0.05, 0.1) is 34.2 Å². The first-order chi connectivity index (χ1) is 23.3. The molecule has 4 aromatic rings. The van der Waals surface area contributed by atoms with Gasteiger partial charge in [0.15, 0.2) is 11.6 Å². The van der Waals surface area contributed by atoms with Crippen molar-refractivity contribution >= 4 is 46.5 Å². The highest BCUT2D eigenvalue weighted by Crippen LogP contribution is 2.41. The lowest BCUT2D eigenvalue weighted by atomic mass is 10.0. The van der Waals surface area contributed by atoms with E-state index in [0.717, 1.165) is 18.4 Å². The van der Waals surface area contributed by atoms with Crippen LogP contribution in [0.1, 0.15) is 36.8 Å². The Morgan fingerprint density at radius 1 is 0.854 bits per heavy atom. The Hall–Kier alpha value is -4.36. The first-order valence-electron chi connectivity index (χ1n) is 15.7. The van der Waals surface area contributed by atoms with Crippen molar-refractivity contribution in [3.05, 3.63) is 81.8 Å². The summed E-state index contributed by atoms with van der Waals surface area (Å²) in [6.07, 6.45) is 5.72. The van der Waals surface area contributed by atoms with Crippen LogP contribution in [0.5, 0.6) is 5.88 Å². The standard InChI is InChI=1S/C34H35Cl2FN8O3/c1-48-34-20(16-39-18-22-7-10-28(47)43-22)5-8-25(45-34)23-3-2-4-24(29(23)35)32-30(36)26(12-14-40-32)44-33-31(37)19(11-13-41-33)15-38-17-21-6-9-27(46)42-21/h2-5,8,11-14,21-22,38-39H,6-7,9-10,15-18H2,1H3,(H,42,46)(H,43,47)(H,40,41,44)/t21-,22+/m1/s1. The van der Waals surface area contributed by atoms with Gasteiger partial charge >= 0.3 is 0 Å². The van der Waals surface area contributed by atoms with Gasteiger partial charge in [-0.1, -0.05) is 47.5 Å². The minimum atomic E-state index is -0.515. The van der Waals surface area contributed by atoms with Crippen molar-refractivity contribution in [1.29, 1.82) is 0 Å². The van der Waals surface area contributed by atoms with Crippen molar-refractivity contribution in [3.63, 3.8) is 0 Å². The Labute approximate surface area is 287 Å². The number of aromatic nitrogens is 3. The fourth-order valence-electron chi connectivity index (χ4n) is 5.83. The maximum Gasteiger partial charge on any atom is 0.220 e. The zero-order valence-corrected chi connectivity index (χ0v) is 27.7. The molecular weight excluding hydrogens is 658 g/mol. The molecule has 1 aromatic carbocycles. The van der Waals surface area contributed by atoms with Crippen LogP contribution in [0.3, 0.4) is 0 Å². The molecule has 2 aliphatic heterocycles. The van der Waals surface area contributed by atoms with Crippen LogP contribution in [0.2, 0.25) is 10.0 Å². The van der Waals surface area contributed by atoms with Crippen LogP contribution in [0, 0.1) is 5.82 Å². The molecule has 0 radical (unpaired) electrons. The number of ether oxygens (including phenoxy) is 1. The second-order valence-electron chi connectivity index (χ2n) is 11.7. The van der Waals surface area contributed by atoms with Crippen molar-refractivity contribution in [2.24, 2.45) is 0 Å². The van der Waals surface area contributed by atoms with Gasteiger partial charge in [0.25, 0.3) is 0 Å². The Morgan fingerprint density at radius 3 is 2.19 bits per heavy atom. The topological polar surface area (TPSA) is 142 Å². The van der Waals surface area contributed by atoms with E-state index in [9.17, 15) is 9.59 Å². The third-order valence-electron chi connectivity index (χ3n) is 8.36. The fourth-order valence-corrected chi connectivity index (χ4v) is 6.40. The first kappa shape index (κ1) is 33.5. The van der Waals surface area contributed by atoms with Crippen LogP contribution < -0.4 is 31.3 Å². The number of amides is 2. The van der Waals surface area contributed by atoms with Crippen molar-refractivity contribution < 1.29 is 18.7 Å². The minimum absolute atomic E-state index is 0.0150. The number of benzene rings is 1. The Kier molecular flexibility index (Phi) is 10.7. The molecule has 2 aliphatic rings. The highest BCUT2D eigenvalue weighted by Gasteiger charge is 2.22. The molecule has 11 nitrogen and oxygen atoms in total. The predicted octanol–water partition coefficient (Wildman–Crippen LogP) is 5.14. The monoisotopic (exact) mass is 692 g/mol. The Bertz CT molecular complexity index is 1830. The SMILES string of the molecule is COc1nc(-c2cccc(-c3nccc(Nc4nccc(CNC[C@H]5CCC(=O)N5)c4F)c3Cl)c2Cl)ccc1CNC[C@@H]1CCC(=O)N1. The molecule has 2 fully saturated rings. The number of carbonyl (C=O) groups is 2. The number of hydrogen-bond acceptors (Lipinski definition) is 9. The van der Waals surface area contributed by atoms with E-state index in [1.807, 2.05) is 24.3 Å².